The second kappa shape index (κ2) is 12.8. The van der Waals surface area contributed by atoms with Gasteiger partial charge in [-0.3, -0.25) is 14.6 Å². The summed E-state index contributed by atoms with van der Waals surface area (Å²) in [5, 5.41) is 2.78. The zero-order valence-corrected chi connectivity index (χ0v) is 23.8. The minimum atomic E-state index is -0.382. The van der Waals surface area contributed by atoms with Crippen molar-refractivity contribution in [1.29, 1.82) is 0 Å². The summed E-state index contributed by atoms with van der Waals surface area (Å²) in [6, 6.07) is 6.95. The van der Waals surface area contributed by atoms with Gasteiger partial charge in [-0.05, 0) is 43.5 Å². The first-order valence-electron chi connectivity index (χ1n) is 13.3. The van der Waals surface area contributed by atoms with Crippen molar-refractivity contribution in [2.24, 2.45) is 0 Å². The van der Waals surface area contributed by atoms with Gasteiger partial charge in [-0.2, -0.15) is 0 Å². The Labute approximate surface area is 233 Å². The summed E-state index contributed by atoms with van der Waals surface area (Å²) in [7, 11) is 1.36. The Morgan fingerprint density at radius 1 is 1.05 bits per heavy atom. The van der Waals surface area contributed by atoms with E-state index in [0.29, 0.717) is 30.0 Å². The highest BCUT2D eigenvalue weighted by Gasteiger charge is 2.41. The van der Waals surface area contributed by atoms with E-state index in [2.05, 4.69) is 28.4 Å². The van der Waals surface area contributed by atoms with Crippen LogP contribution in [0.1, 0.15) is 77.7 Å². The van der Waals surface area contributed by atoms with Gasteiger partial charge in [-0.25, -0.2) is 19.6 Å². The summed E-state index contributed by atoms with van der Waals surface area (Å²) in [6.45, 7) is 7.22. The van der Waals surface area contributed by atoms with Crippen molar-refractivity contribution in [3.8, 4) is 0 Å². The monoisotopic (exact) mass is 549 g/mol. The number of imidazole rings is 1. The Hall–Kier alpha value is -3.79. The highest BCUT2D eigenvalue weighted by molar-refractivity contribution is 7.09. The lowest BCUT2D eigenvalue weighted by molar-refractivity contribution is -0.123. The van der Waals surface area contributed by atoms with E-state index >= 15 is 0 Å². The third-order valence-corrected chi connectivity index (χ3v) is 7.48. The number of amides is 3. The predicted octanol–water partition coefficient (Wildman–Crippen LogP) is 5.43. The maximum absolute atomic E-state index is 13.6. The van der Waals surface area contributed by atoms with Crippen molar-refractivity contribution in [2.75, 3.05) is 13.7 Å². The van der Waals surface area contributed by atoms with E-state index in [4.69, 9.17) is 4.74 Å². The summed E-state index contributed by atoms with van der Waals surface area (Å²) in [5.74, 6) is 0.201. The molecule has 0 spiro atoms. The Morgan fingerprint density at radius 2 is 1.79 bits per heavy atom. The average molecular weight is 550 g/mol. The molecule has 0 atom stereocenters. The molecule has 2 aromatic heterocycles. The lowest BCUT2D eigenvalue weighted by Gasteiger charge is -2.17. The zero-order valence-electron chi connectivity index (χ0n) is 23.0. The lowest BCUT2D eigenvalue weighted by atomic mass is 10.1. The van der Waals surface area contributed by atoms with E-state index in [1.165, 1.54) is 23.3 Å². The van der Waals surface area contributed by atoms with Crippen LogP contribution in [-0.2, 0) is 29.0 Å². The second-order valence-electron chi connectivity index (χ2n) is 9.54. The molecule has 1 aromatic carbocycles. The first-order chi connectivity index (χ1) is 18.9. The maximum Gasteiger partial charge on any atom is 0.337 e. The number of aromatic nitrogens is 3. The fourth-order valence-electron chi connectivity index (χ4n) is 4.49. The minimum absolute atomic E-state index is 0.148. The van der Waals surface area contributed by atoms with Crippen LogP contribution < -0.4 is 0 Å². The fourth-order valence-corrected chi connectivity index (χ4v) is 5.10. The van der Waals surface area contributed by atoms with Crippen LogP contribution in [0.5, 0.6) is 0 Å². The molecule has 4 rings (SSSR count). The molecular weight excluding hydrogens is 514 g/mol. The number of urea groups is 1. The topological polar surface area (TPSA) is 97.6 Å². The molecule has 0 aliphatic carbocycles. The SMILES string of the molecule is CCCCc1ncc(C=C2C(=O)N(Cc3csc(C)n3)C(=O)N2CCCC)n1Cc1ccc(C(=O)OC)cc1. The van der Waals surface area contributed by atoms with Crippen molar-refractivity contribution in [3.63, 3.8) is 0 Å². The van der Waals surface area contributed by atoms with Crippen LogP contribution in [0, 0.1) is 6.92 Å². The zero-order chi connectivity index (χ0) is 27.9. The highest BCUT2D eigenvalue weighted by Crippen LogP contribution is 2.27. The molecule has 0 N–H and O–H groups in total. The molecular formula is C29H35N5O4S. The molecule has 39 heavy (non-hydrogen) atoms. The van der Waals surface area contributed by atoms with Gasteiger partial charge in [0.1, 0.15) is 11.5 Å². The van der Waals surface area contributed by atoms with Crippen LogP contribution >= 0.6 is 11.3 Å². The van der Waals surface area contributed by atoms with Crippen LogP contribution in [0.4, 0.5) is 4.79 Å². The first-order valence-corrected chi connectivity index (χ1v) is 14.2. The number of esters is 1. The molecule has 0 radical (unpaired) electrons. The number of methoxy groups -OCH3 is 1. The number of rotatable bonds is 12. The summed E-state index contributed by atoms with van der Waals surface area (Å²) >= 11 is 1.50. The molecule has 10 heteroatoms. The smallest absolute Gasteiger partial charge is 0.337 e. The normalized spacial score (nSPS) is 14.6. The van der Waals surface area contributed by atoms with Gasteiger partial charge in [-0.1, -0.05) is 38.8 Å². The summed E-state index contributed by atoms with van der Waals surface area (Å²) in [6.07, 6.45) is 8.04. The van der Waals surface area contributed by atoms with Crippen LogP contribution in [0.25, 0.3) is 6.08 Å². The van der Waals surface area contributed by atoms with Gasteiger partial charge >= 0.3 is 12.0 Å². The van der Waals surface area contributed by atoms with E-state index < -0.39 is 0 Å². The van der Waals surface area contributed by atoms with Gasteiger partial charge in [-0.15, -0.1) is 11.3 Å². The van der Waals surface area contributed by atoms with Crippen molar-refractivity contribution in [3.05, 3.63) is 74.9 Å². The van der Waals surface area contributed by atoms with Crippen LogP contribution in [-0.4, -0.2) is 55.9 Å². The number of hydrogen-bond acceptors (Lipinski definition) is 7. The minimum Gasteiger partial charge on any atom is -0.465 e. The van der Waals surface area contributed by atoms with E-state index in [0.717, 1.165) is 54.2 Å². The van der Waals surface area contributed by atoms with Gasteiger partial charge in [0.15, 0.2) is 0 Å². The third kappa shape index (κ3) is 6.44. The Morgan fingerprint density at radius 3 is 2.44 bits per heavy atom. The number of imide groups is 1. The summed E-state index contributed by atoms with van der Waals surface area (Å²) < 4.78 is 6.89. The maximum atomic E-state index is 13.6. The van der Waals surface area contributed by atoms with Crippen molar-refractivity contribution >= 4 is 35.3 Å². The number of hydrogen-bond donors (Lipinski definition) is 0. The number of nitrogens with zero attached hydrogens (tertiary/aromatic N) is 5. The molecule has 1 saturated heterocycles. The average Bonchev–Trinajstić information content (AvgIpc) is 3.59. The molecule has 1 fully saturated rings. The van der Waals surface area contributed by atoms with Gasteiger partial charge < -0.3 is 9.30 Å². The largest absolute Gasteiger partial charge is 0.465 e. The number of thiazole rings is 1. The molecule has 0 unspecified atom stereocenters. The molecule has 0 bridgehead atoms. The molecule has 9 nitrogen and oxygen atoms in total. The summed E-state index contributed by atoms with van der Waals surface area (Å²) in [4.78, 5) is 50.8. The fraction of sp³-hybridized carbons (Fsp3) is 0.414. The standard InChI is InChI=1S/C29H35N5O4S/c1-5-7-9-26-30-16-24(33(26)17-21-10-12-22(13-11-21)28(36)38-4)15-25-27(35)34(18-23-19-39-20(3)31-23)29(37)32(25)14-8-6-2/h10-13,15-16,19H,5-9,14,17-18H2,1-4H3. The second-order valence-corrected chi connectivity index (χ2v) is 10.6. The number of carbonyl (C=O) groups is 3. The molecule has 0 saturated carbocycles. The molecule has 206 valence electrons. The van der Waals surface area contributed by atoms with E-state index in [1.807, 2.05) is 24.4 Å². The van der Waals surface area contributed by atoms with Crippen molar-refractivity contribution in [2.45, 2.75) is 66.0 Å². The van der Waals surface area contributed by atoms with Crippen LogP contribution in [0.15, 0.2) is 41.5 Å². The van der Waals surface area contributed by atoms with Gasteiger partial charge in [0.25, 0.3) is 5.91 Å². The lowest BCUT2D eigenvalue weighted by Crippen LogP contribution is -2.33. The van der Waals surface area contributed by atoms with Gasteiger partial charge in [0.2, 0.25) is 0 Å². The Balaban J connectivity index is 1.68. The van der Waals surface area contributed by atoms with Gasteiger partial charge in [0, 0.05) is 24.9 Å². The molecule has 3 amide bonds. The van der Waals surface area contributed by atoms with Crippen LogP contribution in [0.3, 0.4) is 0 Å². The van der Waals surface area contributed by atoms with E-state index in [1.54, 1.807) is 29.3 Å². The number of unbranched alkanes of at least 4 members (excludes halogenated alkanes) is 2. The number of ether oxygens (including phenoxy) is 1. The van der Waals surface area contributed by atoms with Crippen molar-refractivity contribution < 1.29 is 19.1 Å². The Bertz CT molecular complexity index is 1360. The summed E-state index contributed by atoms with van der Waals surface area (Å²) in [5.41, 5.74) is 3.28. The number of benzene rings is 1. The molecule has 1 aliphatic rings. The molecule has 1 aliphatic heterocycles. The Kier molecular flexibility index (Phi) is 9.29. The van der Waals surface area contributed by atoms with Gasteiger partial charge in [0.05, 0.1) is 41.8 Å². The predicted molar refractivity (Wildman–Crippen MR) is 150 cm³/mol. The first kappa shape index (κ1) is 28.2. The third-order valence-electron chi connectivity index (χ3n) is 6.66. The van der Waals surface area contributed by atoms with E-state index in [-0.39, 0.29) is 24.5 Å². The number of carbonyl (C=O) groups excluding carboxylic acids is 3. The van der Waals surface area contributed by atoms with Crippen LogP contribution in [0.2, 0.25) is 0 Å². The quantitative estimate of drug-likeness (QED) is 0.170. The molecule has 3 aromatic rings. The highest BCUT2D eigenvalue weighted by atomic mass is 32.1. The molecule has 3 heterocycles. The number of aryl methyl sites for hydroxylation is 2. The van der Waals surface area contributed by atoms with E-state index in [9.17, 15) is 14.4 Å². The van der Waals surface area contributed by atoms with Crippen molar-refractivity contribution in [1.82, 2.24) is 24.3 Å².